The summed E-state index contributed by atoms with van der Waals surface area (Å²) >= 11 is 0. The van der Waals surface area contributed by atoms with Crippen LogP contribution in [0.15, 0.2) is 61.1 Å². The van der Waals surface area contributed by atoms with E-state index in [1.807, 2.05) is 42.5 Å². The highest BCUT2D eigenvalue weighted by molar-refractivity contribution is 5.64. The van der Waals surface area contributed by atoms with E-state index in [1.165, 1.54) is 0 Å². The van der Waals surface area contributed by atoms with Crippen molar-refractivity contribution in [3.63, 3.8) is 0 Å². The summed E-state index contributed by atoms with van der Waals surface area (Å²) in [4.78, 5) is 12.7. The number of aromatic nitrogens is 5. The minimum Gasteiger partial charge on any atom is -0.480 e. The number of nitrogens with zero attached hydrogens (tertiary/aromatic N) is 5. The van der Waals surface area contributed by atoms with Gasteiger partial charge < -0.3 is 9.47 Å². The zero-order valence-electron chi connectivity index (χ0n) is 12.8. The summed E-state index contributed by atoms with van der Waals surface area (Å²) in [6, 6.07) is 13.3. The Labute approximate surface area is 137 Å². The molecule has 0 aliphatic heterocycles. The van der Waals surface area contributed by atoms with Crippen molar-refractivity contribution in [2.75, 3.05) is 7.11 Å². The van der Waals surface area contributed by atoms with E-state index in [2.05, 4.69) is 20.1 Å². The molecule has 4 rings (SSSR count). The van der Waals surface area contributed by atoms with Crippen molar-refractivity contribution in [1.29, 1.82) is 0 Å². The molecule has 0 spiro atoms. The Morgan fingerprint density at radius 1 is 1.00 bits per heavy atom. The van der Waals surface area contributed by atoms with E-state index in [-0.39, 0.29) is 6.01 Å². The van der Waals surface area contributed by atoms with Gasteiger partial charge in [-0.2, -0.15) is 10.1 Å². The average Bonchev–Trinajstić information content (AvgIpc) is 3.10. The summed E-state index contributed by atoms with van der Waals surface area (Å²) in [5, 5.41) is 4.48. The molecule has 0 bridgehead atoms. The molecule has 0 atom stereocenters. The van der Waals surface area contributed by atoms with Gasteiger partial charge in [-0.25, -0.2) is 14.5 Å². The summed E-state index contributed by atoms with van der Waals surface area (Å²) < 4.78 is 12.7. The lowest BCUT2D eigenvalue weighted by atomic mass is 10.2. The lowest BCUT2D eigenvalue weighted by molar-refractivity contribution is 0.378. The van der Waals surface area contributed by atoms with Crippen molar-refractivity contribution in [2.24, 2.45) is 0 Å². The number of fused-ring (bicyclic) bond motifs is 1. The summed E-state index contributed by atoms with van der Waals surface area (Å²) in [6.07, 6.45) is 5.10. The second kappa shape index (κ2) is 5.96. The van der Waals surface area contributed by atoms with Crippen LogP contribution in [0.3, 0.4) is 0 Å². The van der Waals surface area contributed by atoms with Gasteiger partial charge in [0.05, 0.1) is 18.4 Å². The summed E-state index contributed by atoms with van der Waals surface area (Å²) in [5.41, 5.74) is 2.12. The smallest absolute Gasteiger partial charge is 0.325 e. The fourth-order valence-electron chi connectivity index (χ4n) is 2.28. The predicted octanol–water partition coefficient (Wildman–Crippen LogP) is 2.99. The Morgan fingerprint density at radius 3 is 2.71 bits per heavy atom. The fraction of sp³-hybridized carbons (Fsp3) is 0.0588. The molecular formula is C17H13N5O2. The molecule has 0 saturated heterocycles. The van der Waals surface area contributed by atoms with Gasteiger partial charge in [-0.05, 0) is 24.3 Å². The molecule has 0 aliphatic rings. The van der Waals surface area contributed by atoms with E-state index >= 15 is 0 Å². The molecule has 24 heavy (non-hydrogen) atoms. The van der Waals surface area contributed by atoms with Gasteiger partial charge >= 0.3 is 6.01 Å². The Bertz CT molecular complexity index is 985. The van der Waals surface area contributed by atoms with Gasteiger partial charge in [0.1, 0.15) is 5.75 Å². The third-order valence-corrected chi connectivity index (χ3v) is 3.41. The zero-order chi connectivity index (χ0) is 16.4. The number of imidazole rings is 1. The third-order valence-electron chi connectivity index (χ3n) is 3.41. The second-order valence-electron chi connectivity index (χ2n) is 4.94. The van der Waals surface area contributed by atoms with Gasteiger partial charge in [0.15, 0.2) is 5.65 Å². The van der Waals surface area contributed by atoms with Crippen molar-refractivity contribution in [3.8, 4) is 28.9 Å². The molecule has 0 radical (unpaired) electrons. The van der Waals surface area contributed by atoms with Crippen LogP contribution < -0.4 is 9.47 Å². The molecule has 3 heterocycles. The van der Waals surface area contributed by atoms with Crippen molar-refractivity contribution < 1.29 is 9.47 Å². The lowest BCUT2D eigenvalue weighted by Crippen LogP contribution is -2.00. The number of hydrogen-bond donors (Lipinski definition) is 0. The van der Waals surface area contributed by atoms with E-state index in [0.29, 0.717) is 22.9 Å². The van der Waals surface area contributed by atoms with Crippen LogP contribution in [0, 0.1) is 0 Å². The van der Waals surface area contributed by atoms with Crippen molar-refractivity contribution in [3.05, 3.63) is 61.1 Å². The van der Waals surface area contributed by atoms with Crippen LogP contribution in [-0.2, 0) is 0 Å². The van der Waals surface area contributed by atoms with Crippen LogP contribution >= 0.6 is 0 Å². The van der Waals surface area contributed by atoms with E-state index in [9.17, 15) is 0 Å². The largest absolute Gasteiger partial charge is 0.480 e. The molecule has 3 aromatic heterocycles. The first-order valence-electron chi connectivity index (χ1n) is 7.28. The number of para-hydroxylation sites is 1. The molecule has 0 fully saturated rings. The van der Waals surface area contributed by atoms with Crippen LogP contribution in [-0.4, -0.2) is 31.7 Å². The first-order chi connectivity index (χ1) is 11.8. The highest BCUT2D eigenvalue weighted by Gasteiger charge is 2.13. The minimum atomic E-state index is 0.213. The molecule has 0 aliphatic carbocycles. The number of hydrogen-bond acceptors (Lipinski definition) is 6. The van der Waals surface area contributed by atoms with Gasteiger partial charge in [-0.3, -0.25) is 0 Å². The molecule has 0 amide bonds. The highest BCUT2D eigenvalue weighted by Crippen LogP contribution is 2.28. The molecule has 7 nitrogen and oxygen atoms in total. The topological polar surface area (TPSA) is 74.4 Å². The fourth-order valence-corrected chi connectivity index (χ4v) is 2.28. The van der Waals surface area contributed by atoms with E-state index in [1.54, 1.807) is 30.2 Å². The minimum absolute atomic E-state index is 0.213. The number of benzene rings is 1. The SMILES string of the molecule is COc1nc(Oc2ccccc2)ncc1-c1ccc2nccn2n1. The van der Waals surface area contributed by atoms with Crippen LogP contribution in [0.2, 0.25) is 0 Å². The molecule has 118 valence electrons. The maximum Gasteiger partial charge on any atom is 0.325 e. The normalized spacial score (nSPS) is 10.7. The first kappa shape index (κ1) is 14.1. The molecule has 0 unspecified atom stereocenters. The number of ether oxygens (including phenoxy) is 2. The van der Waals surface area contributed by atoms with E-state index in [4.69, 9.17) is 9.47 Å². The van der Waals surface area contributed by atoms with E-state index < -0.39 is 0 Å². The number of methoxy groups -OCH3 is 1. The molecular weight excluding hydrogens is 306 g/mol. The van der Waals surface area contributed by atoms with Crippen LogP contribution in [0.5, 0.6) is 17.6 Å². The first-order valence-corrected chi connectivity index (χ1v) is 7.28. The highest BCUT2D eigenvalue weighted by atomic mass is 16.5. The van der Waals surface area contributed by atoms with Crippen LogP contribution in [0.4, 0.5) is 0 Å². The third kappa shape index (κ3) is 2.63. The predicted molar refractivity (Wildman–Crippen MR) is 87.1 cm³/mol. The average molecular weight is 319 g/mol. The van der Waals surface area contributed by atoms with Crippen LogP contribution in [0.1, 0.15) is 0 Å². The molecule has 0 saturated carbocycles. The van der Waals surface area contributed by atoms with Gasteiger partial charge in [0, 0.05) is 18.6 Å². The Kier molecular flexibility index (Phi) is 3.51. The standard InChI is InChI=1S/C17H13N5O2/c1-23-16-13(14-7-8-15-18-9-10-22(15)21-14)11-19-17(20-16)24-12-5-3-2-4-6-12/h2-11H,1H3. The molecule has 4 aromatic rings. The molecule has 0 N–H and O–H groups in total. The quantitative estimate of drug-likeness (QED) is 0.575. The van der Waals surface area contributed by atoms with Crippen molar-refractivity contribution >= 4 is 5.65 Å². The monoisotopic (exact) mass is 319 g/mol. The Balaban J connectivity index is 1.70. The van der Waals surface area contributed by atoms with Gasteiger partial charge in [-0.15, -0.1) is 0 Å². The summed E-state index contributed by atoms with van der Waals surface area (Å²) in [7, 11) is 1.55. The maximum absolute atomic E-state index is 5.63. The zero-order valence-corrected chi connectivity index (χ0v) is 12.8. The molecule has 7 heteroatoms. The van der Waals surface area contributed by atoms with Gasteiger partial charge in [-0.1, -0.05) is 18.2 Å². The van der Waals surface area contributed by atoms with Crippen LogP contribution in [0.25, 0.3) is 16.9 Å². The Morgan fingerprint density at radius 2 is 1.88 bits per heavy atom. The van der Waals surface area contributed by atoms with Crippen molar-refractivity contribution in [2.45, 2.75) is 0 Å². The second-order valence-corrected chi connectivity index (χ2v) is 4.94. The Hall–Kier alpha value is -3.48. The summed E-state index contributed by atoms with van der Waals surface area (Å²) in [5.74, 6) is 1.05. The van der Waals surface area contributed by atoms with Gasteiger partial charge in [0.2, 0.25) is 5.88 Å². The lowest BCUT2D eigenvalue weighted by Gasteiger charge is -2.09. The number of rotatable bonds is 4. The van der Waals surface area contributed by atoms with Gasteiger partial charge in [0.25, 0.3) is 0 Å². The van der Waals surface area contributed by atoms with Crippen molar-refractivity contribution in [1.82, 2.24) is 24.6 Å². The molecule has 1 aromatic carbocycles. The van der Waals surface area contributed by atoms with E-state index in [0.717, 1.165) is 5.65 Å². The maximum atomic E-state index is 5.63. The summed E-state index contributed by atoms with van der Waals surface area (Å²) in [6.45, 7) is 0.